The molecule has 1 aliphatic heterocycles. The minimum absolute atomic E-state index is 0.225. The minimum Gasteiger partial charge on any atom is -0.382 e. The van der Waals surface area contributed by atoms with Crippen molar-refractivity contribution in [3.63, 3.8) is 0 Å². The number of nitrogens with zero attached hydrogens (tertiary/aromatic N) is 1. The summed E-state index contributed by atoms with van der Waals surface area (Å²) >= 11 is 3.50. The minimum atomic E-state index is -0.252. The second-order valence-corrected chi connectivity index (χ2v) is 11.0. The molecule has 1 aliphatic rings. The molecule has 0 saturated carbocycles. The van der Waals surface area contributed by atoms with Crippen molar-refractivity contribution in [2.24, 2.45) is 0 Å². The molecule has 2 aromatic heterocycles. The Balaban J connectivity index is 1.48. The molecule has 2 amide bonds. The Bertz CT molecular complexity index is 1740. The third-order valence-electron chi connectivity index (χ3n) is 6.93. The predicted molar refractivity (Wildman–Crippen MR) is 148 cm³/mol. The van der Waals surface area contributed by atoms with E-state index in [4.69, 9.17) is 9.47 Å². The fraction of sp³-hybridized carbons (Fsp3) is 0.172. The molecule has 6 aromatic rings. The van der Waals surface area contributed by atoms with E-state index >= 15 is 0 Å². The van der Waals surface area contributed by atoms with Gasteiger partial charge in [0.1, 0.15) is 0 Å². The second kappa shape index (κ2) is 8.35. The maximum atomic E-state index is 13.3. The van der Waals surface area contributed by atoms with Crippen LogP contribution in [-0.2, 0) is 9.47 Å². The SMILES string of the molecule is COCCOCCN1C(=O)c2cc3c(cc2C1=O)c1sc2ccccc2c1c1c2ccccc2sc31. The summed E-state index contributed by atoms with van der Waals surface area (Å²) in [5.41, 5.74) is 0.951. The molecule has 0 atom stereocenters. The maximum absolute atomic E-state index is 13.3. The molecule has 0 aliphatic carbocycles. The summed E-state index contributed by atoms with van der Waals surface area (Å²) in [5.74, 6) is -0.504. The number of rotatable bonds is 6. The van der Waals surface area contributed by atoms with Crippen LogP contribution in [0.3, 0.4) is 0 Å². The van der Waals surface area contributed by atoms with E-state index in [1.807, 2.05) is 12.1 Å². The topological polar surface area (TPSA) is 55.8 Å². The number of fused-ring (bicyclic) bond motifs is 11. The summed E-state index contributed by atoms with van der Waals surface area (Å²) in [6.45, 7) is 1.42. The number of ether oxygens (including phenoxy) is 2. The Kier molecular flexibility index (Phi) is 5.08. The van der Waals surface area contributed by atoms with Crippen LogP contribution in [0.4, 0.5) is 0 Å². The number of hydrogen-bond donors (Lipinski definition) is 0. The molecule has 0 N–H and O–H groups in total. The Morgan fingerprint density at radius 2 is 1.22 bits per heavy atom. The lowest BCUT2D eigenvalue weighted by atomic mass is 9.97. The first-order chi connectivity index (χ1) is 17.7. The zero-order chi connectivity index (χ0) is 24.4. The number of thiophene rings is 2. The van der Waals surface area contributed by atoms with Crippen molar-refractivity contribution in [1.29, 1.82) is 0 Å². The average Bonchev–Trinajstić information content (AvgIpc) is 3.54. The number of amides is 2. The van der Waals surface area contributed by atoms with E-state index in [9.17, 15) is 9.59 Å². The van der Waals surface area contributed by atoms with Gasteiger partial charge >= 0.3 is 0 Å². The molecular weight excluding hydrogens is 490 g/mol. The van der Waals surface area contributed by atoms with Crippen molar-refractivity contribution in [1.82, 2.24) is 4.90 Å². The molecule has 4 aromatic carbocycles. The molecule has 3 heterocycles. The van der Waals surface area contributed by atoms with E-state index in [2.05, 4.69) is 48.5 Å². The third-order valence-corrected chi connectivity index (χ3v) is 9.34. The van der Waals surface area contributed by atoms with E-state index in [-0.39, 0.29) is 25.0 Å². The van der Waals surface area contributed by atoms with Crippen LogP contribution < -0.4 is 0 Å². The monoisotopic (exact) mass is 511 g/mol. The Labute approximate surface area is 214 Å². The Morgan fingerprint density at radius 1 is 0.694 bits per heavy atom. The van der Waals surface area contributed by atoms with Crippen LogP contribution >= 0.6 is 22.7 Å². The summed E-state index contributed by atoms with van der Waals surface area (Å²) in [5, 5.41) is 6.98. The highest BCUT2D eigenvalue weighted by atomic mass is 32.1. The lowest BCUT2D eigenvalue weighted by Gasteiger charge is -2.13. The van der Waals surface area contributed by atoms with Crippen molar-refractivity contribution in [2.45, 2.75) is 0 Å². The largest absolute Gasteiger partial charge is 0.382 e. The molecule has 5 nitrogen and oxygen atoms in total. The third kappa shape index (κ3) is 3.07. The van der Waals surface area contributed by atoms with Gasteiger partial charge in [0.05, 0.1) is 37.5 Å². The molecule has 0 radical (unpaired) electrons. The van der Waals surface area contributed by atoms with Crippen LogP contribution in [0.15, 0.2) is 60.7 Å². The maximum Gasteiger partial charge on any atom is 0.261 e. The van der Waals surface area contributed by atoms with E-state index < -0.39 is 0 Å². The molecule has 7 rings (SSSR count). The van der Waals surface area contributed by atoms with Crippen LogP contribution in [0.25, 0.3) is 51.1 Å². The standard InChI is InChI=1S/C29H21NO4S2/c1-33-12-13-34-11-10-30-28(31)20-14-18-19(15-21(20)29(30)32)27-25(17-7-3-5-9-23(17)36-27)24-16-6-2-4-8-22(16)35-26(18)24/h2-9,14-15H,10-13H2,1H3. The van der Waals surface area contributed by atoms with Gasteiger partial charge in [-0.25, -0.2) is 0 Å². The van der Waals surface area contributed by atoms with Gasteiger partial charge in [-0.15, -0.1) is 22.7 Å². The van der Waals surface area contributed by atoms with Crippen LogP contribution in [0.1, 0.15) is 20.7 Å². The van der Waals surface area contributed by atoms with Crippen molar-refractivity contribution >= 4 is 85.6 Å². The van der Waals surface area contributed by atoms with Gasteiger partial charge in [0.2, 0.25) is 0 Å². The molecule has 7 heteroatoms. The summed E-state index contributed by atoms with van der Waals surface area (Å²) in [4.78, 5) is 27.9. The highest BCUT2D eigenvalue weighted by molar-refractivity contribution is 7.29. The van der Waals surface area contributed by atoms with Gasteiger partial charge in [0.15, 0.2) is 0 Å². The first-order valence-corrected chi connectivity index (χ1v) is 13.5. The number of carbonyl (C=O) groups excluding carboxylic acids is 2. The molecule has 178 valence electrons. The quantitative estimate of drug-likeness (QED) is 0.182. The van der Waals surface area contributed by atoms with E-state index in [1.165, 1.54) is 35.8 Å². The van der Waals surface area contributed by atoms with E-state index in [1.54, 1.807) is 29.8 Å². The molecule has 36 heavy (non-hydrogen) atoms. The van der Waals surface area contributed by atoms with Crippen LogP contribution in [0.5, 0.6) is 0 Å². The molecule has 0 fully saturated rings. The van der Waals surface area contributed by atoms with Crippen molar-refractivity contribution in [3.8, 4) is 0 Å². The molecule has 0 saturated heterocycles. The van der Waals surface area contributed by atoms with Crippen molar-refractivity contribution in [3.05, 3.63) is 71.8 Å². The second-order valence-electron chi connectivity index (χ2n) is 8.92. The fourth-order valence-corrected chi connectivity index (χ4v) is 7.76. The number of benzene rings is 4. The van der Waals surface area contributed by atoms with E-state index in [0.717, 1.165) is 20.2 Å². The number of hydrogen-bond acceptors (Lipinski definition) is 6. The van der Waals surface area contributed by atoms with Crippen molar-refractivity contribution < 1.29 is 19.1 Å². The zero-order valence-electron chi connectivity index (χ0n) is 19.5. The molecule has 0 spiro atoms. The normalized spacial score (nSPS) is 13.9. The highest BCUT2D eigenvalue weighted by Crippen LogP contribution is 2.49. The van der Waals surface area contributed by atoms with Crippen molar-refractivity contribution in [2.75, 3.05) is 33.5 Å². The van der Waals surface area contributed by atoms with Gasteiger partial charge in [-0.1, -0.05) is 36.4 Å². The average molecular weight is 512 g/mol. The van der Waals surface area contributed by atoms with Crippen LogP contribution in [-0.4, -0.2) is 50.2 Å². The molecule has 0 unspecified atom stereocenters. The summed E-state index contributed by atoms with van der Waals surface area (Å²) in [6, 6.07) is 20.8. The number of methoxy groups -OCH3 is 1. The lowest BCUT2D eigenvalue weighted by Crippen LogP contribution is -2.33. The number of carbonyl (C=O) groups is 2. The zero-order valence-corrected chi connectivity index (χ0v) is 21.1. The highest BCUT2D eigenvalue weighted by Gasteiger charge is 2.36. The summed E-state index contributed by atoms with van der Waals surface area (Å²) in [6.07, 6.45) is 0. The first kappa shape index (κ1) is 21.9. The van der Waals surface area contributed by atoms with Gasteiger partial charge in [0.25, 0.3) is 11.8 Å². The molecular formula is C29H21NO4S2. The van der Waals surface area contributed by atoms with Gasteiger partial charge in [-0.2, -0.15) is 0 Å². The smallest absolute Gasteiger partial charge is 0.261 e. The Morgan fingerprint density at radius 3 is 1.75 bits per heavy atom. The molecule has 0 bridgehead atoms. The first-order valence-electron chi connectivity index (χ1n) is 11.8. The van der Waals surface area contributed by atoms with Gasteiger partial charge in [-0.3, -0.25) is 14.5 Å². The lowest BCUT2D eigenvalue weighted by molar-refractivity contribution is 0.0459. The van der Waals surface area contributed by atoms with E-state index in [0.29, 0.717) is 24.3 Å². The summed E-state index contributed by atoms with van der Waals surface area (Å²) < 4.78 is 15.3. The van der Waals surface area contributed by atoms with Gasteiger partial charge < -0.3 is 9.47 Å². The van der Waals surface area contributed by atoms with Crippen LogP contribution in [0, 0.1) is 0 Å². The van der Waals surface area contributed by atoms with Gasteiger partial charge in [0, 0.05) is 58.2 Å². The summed E-state index contributed by atoms with van der Waals surface area (Å²) in [7, 11) is 1.61. The van der Waals surface area contributed by atoms with Gasteiger partial charge in [-0.05, 0) is 24.3 Å². The Hall–Kier alpha value is -3.36. The number of imide groups is 1. The fourth-order valence-electron chi connectivity index (χ4n) is 5.28. The predicted octanol–water partition coefficient (Wildman–Crippen LogP) is 6.83. The van der Waals surface area contributed by atoms with Crippen LogP contribution in [0.2, 0.25) is 0 Å².